The van der Waals surface area contributed by atoms with Crippen molar-refractivity contribution < 1.29 is 42.1 Å². The van der Waals surface area contributed by atoms with Crippen LogP contribution in [0.2, 0.25) is 5.02 Å². The summed E-state index contributed by atoms with van der Waals surface area (Å²) in [5.41, 5.74) is 12.2. The Labute approximate surface area is 255 Å². The SMILES string of the molecule is CCOc1cc(C(Nc2ccc(C(=N)N)cc2)C(=O)NNC(=O)c2cnccc2Cl)ccc1OC(C)C.O=C(O)C(F)(F)F. The normalized spacial score (nSPS) is 11.4. The molecule has 236 valence electrons. The number of aromatic nitrogens is 1. The standard InChI is InChI=1S/C26H29ClN6O4.C2HF3O2/c1-4-36-22-13-17(7-10-21(22)37-15(2)3)23(31-18-8-5-16(6-9-18)24(28)29)26(35)33-32-25(34)19-14-30-12-11-20(19)27;3-2(4,5)1(6)7/h5-15,23,31H,4H2,1-3H3,(H3,28,29)(H,32,34)(H,33,35);(H,6,7). The van der Waals surface area contributed by atoms with Crippen LogP contribution in [0.3, 0.4) is 0 Å². The van der Waals surface area contributed by atoms with Gasteiger partial charge in [0, 0.05) is 23.6 Å². The molecule has 12 nitrogen and oxygen atoms in total. The third-order valence-corrected chi connectivity index (χ3v) is 5.62. The van der Waals surface area contributed by atoms with E-state index in [1.165, 1.54) is 18.5 Å². The molecule has 0 aliphatic rings. The number of nitrogens with one attached hydrogen (secondary N) is 4. The Balaban J connectivity index is 0.000000860. The Kier molecular flexibility index (Phi) is 12.8. The number of hydrogen-bond acceptors (Lipinski definition) is 8. The maximum atomic E-state index is 13.3. The highest BCUT2D eigenvalue weighted by Crippen LogP contribution is 2.33. The number of nitrogen functional groups attached to an aromatic ring is 1. The van der Waals surface area contributed by atoms with E-state index in [0.29, 0.717) is 34.9 Å². The number of amidine groups is 1. The summed E-state index contributed by atoms with van der Waals surface area (Å²) in [7, 11) is 0. The third-order valence-electron chi connectivity index (χ3n) is 5.29. The number of halogens is 4. The van der Waals surface area contributed by atoms with Crippen LogP contribution in [-0.2, 0) is 9.59 Å². The van der Waals surface area contributed by atoms with E-state index in [0.717, 1.165) is 0 Å². The fourth-order valence-corrected chi connectivity index (χ4v) is 3.53. The van der Waals surface area contributed by atoms with Crippen molar-refractivity contribution in [1.29, 1.82) is 5.41 Å². The molecular formula is C28H30ClF3N6O6. The van der Waals surface area contributed by atoms with Crippen molar-refractivity contribution >= 4 is 40.9 Å². The van der Waals surface area contributed by atoms with Crippen LogP contribution in [0, 0.1) is 5.41 Å². The minimum atomic E-state index is -5.08. The summed E-state index contributed by atoms with van der Waals surface area (Å²) in [6, 6.07) is 12.4. The molecule has 2 amide bonds. The predicted octanol–water partition coefficient (Wildman–Crippen LogP) is 4.45. The molecule has 3 aromatic rings. The van der Waals surface area contributed by atoms with Gasteiger partial charge in [0.05, 0.1) is 23.3 Å². The van der Waals surface area contributed by atoms with Crippen LogP contribution in [-0.4, -0.2) is 52.6 Å². The Hall–Kier alpha value is -5.05. The fourth-order valence-electron chi connectivity index (χ4n) is 3.34. The zero-order valence-corrected chi connectivity index (χ0v) is 24.4. The summed E-state index contributed by atoms with van der Waals surface area (Å²) in [6.45, 7) is 6.06. The average Bonchev–Trinajstić information content (AvgIpc) is 2.95. The van der Waals surface area contributed by atoms with E-state index >= 15 is 0 Å². The third kappa shape index (κ3) is 10.7. The molecule has 0 aliphatic heterocycles. The van der Waals surface area contributed by atoms with Gasteiger partial charge in [0.1, 0.15) is 11.9 Å². The summed E-state index contributed by atoms with van der Waals surface area (Å²) < 4.78 is 43.3. The predicted molar refractivity (Wildman–Crippen MR) is 156 cm³/mol. The number of benzene rings is 2. The minimum Gasteiger partial charge on any atom is -0.490 e. The molecule has 0 saturated heterocycles. The van der Waals surface area contributed by atoms with Gasteiger partial charge < -0.3 is 25.6 Å². The second kappa shape index (κ2) is 16.0. The number of hydrogen-bond donors (Lipinski definition) is 6. The number of carboxylic acids is 1. The van der Waals surface area contributed by atoms with E-state index in [1.807, 2.05) is 20.8 Å². The van der Waals surface area contributed by atoms with Gasteiger partial charge in [0.25, 0.3) is 11.8 Å². The zero-order chi connectivity index (χ0) is 33.0. The molecule has 3 rings (SSSR count). The maximum absolute atomic E-state index is 13.3. The first-order chi connectivity index (χ1) is 20.6. The smallest absolute Gasteiger partial charge is 0.490 e. The van der Waals surface area contributed by atoms with Crippen molar-refractivity contribution in [3.63, 3.8) is 0 Å². The Morgan fingerprint density at radius 3 is 2.23 bits per heavy atom. The quantitative estimate of drug-likeness (QED) is 0.106. The Morgan fingerprint density at radius 1 is 1.07 bits per heavy atom. The van der Waals surface area contributed by atoms with Crippen LogP contribution in [0.25, 0.3) is 0 Å². The summed E-state index contributed by atoms with van der Waals surface area (Å²) in [5.74, 6) is -2.97. The van der Waals surface area contributed by atoms with Crippen LogP contribution in [0.15, 0.2) is 60.9 Å². The lowest BCUT2D eigenvalue weighted by Gasteiger charge is -2.22. The van der Waals surface area contributed by atoms with Crippen LogP contribution >= 0.6 is 11.6 Å². The second-order valence-corrected chi connectivity index (χ2v) is 9.38. The minimum absolute atomic E-state index is 0.0697. The number of nitrogens with zero attached hydrogens (tertiary/aromatic N) is 1. The van der Waals surface area contributed by atoms with E-state index in [1.54, 1.807) is 42.5 Å². The van der Waals surface area contributed by atoms with Crippen molar-refractivity contribution in [1.82, 2.24) is 15.8 Å². The van der Waals surface area contributed by atoms with Crippen LogP contribution in [0.5, 0.6) is 11.5 Å². The molecule has 0 spiro atoms. The van der Waals surface area contributed by atoms with Gasteiger partial charge in [-0.25, -0.2) is 4.79 Å². The van der Waals surface area contributed by atoms with E-state index in [4.69, 9.17) is 42.1 Å². The summed E-state index contributed by atoms with van der Waals surface area (Å²) in [6.07, 6.45) is -2.40. The molecule has 1 heterocycles. The topological polar surface area (TPSA) is 189 Å². The summed E-state index contributed by atoms with van der Waals surface area (Å²) >= 11 is 6.06. The number of pyridine rings is 1. The van der Waals surface area contributed by atoms with Gasteiger partial charge in [-0.2, -0.15) is 13.2 Å². The molecule has 1 unspecified atom stereocenters. The number of carboxylic acid groups (broad SMARTS) is 1. The monoisotopic (exact) mass is 638 g/mol. The number of nitrogens with two attached hydrogens (primary N) is 1. The lowest BCUT2D eigenvalue weighted by Crippen LogP contribution is -2.45. The van der Waals surface area contributed by atoms with E-state index in [-0.39, 0.29) is 22.5 Å². The van der Waals surface area contributed by atoms with E-state index in [2.05, 4.69) is 21.2 Å². The van der Waals surface area contributed by atoms with Gasteiger partial charge in [-0.1, -0.05) is 17.7 Å². The van der Waals surface area contributed by atoms with Crippen molar-refractivity contribution in [3.05, 3.63) is 82.6 Å². The molecule has 0 bridgehead atoms. The van der Waals surface area contributed by atoms with Gasteiger partial charge in [-0.05, 0) is 68.8 Å². The lowest BCUT2D eigenvalue weighted by atomic mass is 10.0. The molecule has 0 saturated carbocycles. The molecule has 2 aromatic carbocycles. The lowest BCUT2D eigenvalue weighted by molar-refractivity contribution is -0.192. The summed E-state index contributed by atoms with van der Waals surface area (Å²) in [5, 5.41) is 18.1. The molecule has 0 aliphatic carbocycles. The van der Waals surface area contributed by atoms with Gasteiger partial charge in [-0.15, -0.1) is 0 Å². The van der Waals surface area contributed by atoms with Crippen molar-refractivity contribution in [3.8, 4) is 11.5 Å². The summed E-state index contributed by atoms with van der Waals surface area (Å²) in [4.78, 5) is 38.6. The van der Waals surface area contributed by atoms with Crippen LogP contribution in [0.4, 0.5) is 18.9 Å². The number of carbonyl (C=O) groups excluding carboxylic acids is 2. The molecule has 1 atom stereocenters. The number of amides is 2. The molecular weight excluding hydrogens is 609 g/mol. The number of alkyl halides is 3. The average molecular weight is 639 g/mol. The van der Waals surface area contributed by atoms with Crippen LogP contribution in [0.1, 0.15) is 48.3 Å². The number of rotatable bonds is 10. The Morgan fingerprint density at radius 2 is 1.70 bits per heavy atom. The molecule has 0 radical (unpaired) electrons. The largest absolute Gasteiger partial charge is 0.490 e. The first-order valence-corrected chi connectivity index (χ1v) is 13.2. The highest BCUT2D eigenvalue weighted by Gasteiger charge is 2.38. The van der Waals surface area contributed by atoms with Crippen LogP contribution < -0.4 is 31.4 Å². The number of anilines is 1. The first kappa shape index (κ1) is 35.1. The van der Waals surface area contributed by atoms with E-state index < -0.39 is 30.0 Å². The highest BCUT2D eigenvalue weighted by atomic mass is 35.5. The Bertz CT molecular complexity index is 1470. The molecule has 44 heavy (non-hydrogen) atoms. The number of aliphatic carboxylic acids is 1. The first-order valence-electron chi connectivity index (χ1n) is 12.8. The van der Waals surface area contributed by atoms with Crippen molar-refractivity contribution in [2.75, 3.05) is 11.9 Å². The van der Waals surface area contributed by atoms with Crippen molar-refractivity contribution in [2.45, 2.75) is 39.1 Å². The molecule has 0 fully saturated rings. The number of hydrazine groups is 1. The maximum Gasteiger partial charge on any atom is 0.490 e. The second-order valence-electron chi connectivity index (χ2n) is 8.98. The van der Waals surface area contributed by atoms with E-state index in [9.17, 15) is 22.8 Å². The van der Waals surface area contributed by atoms with Gasteiger partial charge >= 0.3 is 12.1 Å². The van der Waals surface area contributed by atoms with Gasteiger partial charge in [0.2, 0.25) is 0 Å². The number of ether oxygens (including phenoxy) is 2. The fraction of sp³-hybridized carbons (Fsp3) is 0.250. The van der Waals surface area contributed by atoms with Crippen molar-refractivity contribution in [2.24, 2.45) is 5.73 Å². The highest BCUT2D eigenvalue weighted by molar-refractivity contribution is 6.33. The van der Waals surface area contributed by atoms with Gasteiger partial charge in [0.15, 0.2) is 11.5 Å². The zero-order valence-electron chi connectivity index (χ0n) is 23.7. The number of carbonyl (C=O) groups is 3. The van der Waals surface area contributed by atoms with Gasteiger partial charge in [-0.3, -0.25) is 30.8 Å². The molecule has 7 N–H and O–H groups in total. The molecule has 16 heteroatoms. The molecule has 1 aromatic heterocycles.